The number of carbonyl (C=O) groups excluding carboxylic acids is 1. The third kappa shape index (κ3) is 3.85. The normalized spacial score (nSPS) is 17.3. The van der Waals surface area contributed by atoms with Gasteiger partial charge in [-0.15, -0.1) is 0 Å². The fraction of sp³-hybridized carbons (Fsp3) is 0.375. The summed E-state index contributed by atoms with van der Waals surface area (Å²) < 4.78 is 0. The lowest BCUT2D eigenvalue weighted by molar-refractivity contribution is 0.0966. The van der Waals surface area contributed by atoms with Crippen molar-refractivity contribution < 1.29 is 9.90 Å². The van der Waals surface area contributed by atoms with Crippen LogP contribution in [0.5, 0.6) is 0 Å². The summed E-state index contributed by atoms with van der Waals surface area (Å²) in [5.41, 5.74) is 6.74. The maximum absolute atomic E-state index is 12.5. The smallest absolute Gasteiger partial charge is 0.252 e. The van der Waals surface area contributed by atoms with Crippen molar-refractivity contribution in [3.05, 3.63) is 57.6 Å². The number of aryl methyl sites for hydroxylation is 1. The van der Waals surface area contributed by atoms with E-state index in [4.69, 9.17) is 16.7 Å². The molecule has 0 spiro atoms. The molecular weight excluding hydrogens is 412 g/mol. The van der Waals surface area contributed by atoms with Gasteiger partial charge in [0.15, 0.2) is 0 Å². The molecule has 162 valence electrons. The number of nitrogens with one attached hydrogen (secondary N) is 2. The molecule has 0 unspecified atom stereocenters. The van der Waals surface area contributed by atoms with Gasteiger partial charge >= 0.3 is 0 Å². The number of aromatic amines is 1. The Kier molecular flexibility index (Phi) is 5.48. The summed E-state index contributed by atoms with van der Waals surface area (Å²) in [5.74, 6) is -0.0633. The Morgan fingerprint density at radius 3 is 2.65 bits per heavy atom. The molecule has 2 aliphatic heterocycles. The summed E-state index contributed by atoms with van der Waals surface area (Å²) in [6.45, 7) is 8.40. The highest BCUT2D eigenvalue weighted by Gasteiger charge is 2.27. The number of hydrogen-bond acceptors (Lipinski definition) is 4. The molecule has 3 aromatic rings. The minimum atomic E-state index is -0.0633. The predicted molar refractivity (Wildman–Crippen MR) is 123 cm³/mol. The minimum Gasteiger partial charge on any atom is -0.395 e. The van der Waals surface area contributed by atoms with Crippen LogP contribution in [0.2, 0.25) is 5.02 Å². The molecule has 1 saturated heterocycles. The van der Waals surface area contributed by atoms with Crippen LogP contribution in [0.1, 0.15) is 27.0 Å². The largest absolute Gasteiger partial charge is 0.395 e. The van der Waals surface area contributed by atoms with Crippen molar-refractivity contribution in [2.45, 2.75) is 20.0 Å². The molecule has 2 aromatic carbocycles. The molecule has 3 heterocycles. The van der Waals surface area contributed by atoms with Gasteiger partial charge in [-0.2, -0.15) is 0 Å². The standard InChI is InChI=1S/C24H27ClN4O2/c1-15-10-18(22-19(23(15)25)13-26-24(22)31)21-12-17-11-16(2-3-20(17)27-21)14-29-6-4-28(5-7-29)8-9-30/h2-3,10-12,27,30H,4-9,13-14H2,1H3,(H,26,31). The molecule has 3 N–H and O–H groups in total. The van der Waals surface area contributed by atoms with Gasteiger partial charge in [0.25, 0.3) is 5.91 Å². The molecule has 1 fully saturated rings. The summed E-state index contributed by atoms with van der Waals surface area (Å²) >= 11 is 6.46. The van der Waals surface area contributed by atoms with E-state index in [0.29, 0.717) is 17.1 Å². The number of halogens is 1. The molecule has 0 radical (unpaired) electrons. The molecular formula is C24H27ClN4O2. The highest BCUT2D eigenvalue weighted by Crippen LogP contribution is 2.37. The minimum absolute atomic E-state index is 0.0633. The van der Waals surface area contributed by atoms with Crippen molar-refractivity contribution in [3.8, 4) is 11.3 Å². The summed E-state index contributed by atoms with van der Waals surface area (Å²) in [5, 5.41) is 13.8. The number of hydrogen-bond donors (Lipinski definition) is 3. The van der Waals surface area contributed by atoms with E-state index in [1.165, 1.54) is 5.56 Å². The molecule has 5 rings (SSSR count). The number of fused-ring (bicyclic) bond motifs is 2. The summed E-state index contributed by atoms with van der Waals surface area (Å²) in [6, 6.07) is 10.7. The summed E-state index contributed by atoms with van der Waals surface area (Å²) in [6.07, 6.45) is 0. The van der Waals surface area contributed by atoms with Gasteiger partial charge in [0, 0.05) is 78.6 Å². The maximum Gasteiger partial charge on any atom is 0.252 e. The summed E-state index contributed by atoms with van der Waals surface area (Å²) in [7, 11) is 0. The number of aliphatic hydroxyl groups excluding tert-OH is 1. The molecule has 0 aliphatic carbocycles. The molecule has 6 nitrogen and oxygen atoms in total. The second-order valence-corrected chi connectivity index (χ2v) is 8.92. The predicted octanol–water partition coefficient (Wildman–Crippen LogP) is 3.15. The zero-order valence-corrected chi connectivity index (χ0v) is 18.4. The molecule has 2 aliphatic rings. The lowest BCUT2D eigenvalue weighted by Gasteiger charge is -2.34. The zero-order chi connectivity index (χ0) is 21.5. The Bertz CT molecular complexity index is 1150. The van der Waals surface area contributed by atoms with Crippen LogP contribution in [-0.2, 0) is 13.1 Å². The van der Waals surface area contributed by atoms with Crippen molar-refractivity contribution in [1.29, 1.82) is 0 Å². The van der Waals surface area contributed by atoms with Gasteiger partial charge < -0.3 is 15.4 Å². The summed E-state index contributed by atoms with van der Waals surface area (Å²) in [4.78, 5) is 20.7. The third-order valence-corrected chi connectivity index (χ3v) is 6.98. The van der Waals surface area contributed by atoms with Crippen LogP contribution in [0, 0.1) is 6.92 Å². The number of rotatable bonds is 5. The van der Waals surface area contributed by atoms with Crippen molar-refractivity contribution in [2.75, 3.05) is 39.3 Å². The first-order valence-corrected chi connectivity index (χ1v) is 11.2. The van der Waals surface area contributed by atoms with E-state index in [1.807, 2.05) is 13.0 Å². The van der Waals surface area contributed by atoms with E-state index in [9.17, 15) is 4.79 Å². The van der Waals surface area contributed by atoms with Crippen LogP contribution in [0.3, 0.4) is 0 Å². The molecule has 0 bridgehead atoms. The zero-order valence-electron chi connectivity index (χ0n) is 17.7. The van der Waals surface area contributed by atoms with Gasteiger partial charge in [-0.1, -0.05) is 17.7 Å². The number of piperazine rings is 1. The van der Waals surface area contributed by atoms with Gasteiger partial charge in [-0.05, 0) is 42.3 Å². The van der Waals surface area contributed by atoms with Crippen LogP contribution >= 0.6 is 11.6 Å². The van der Waals surface area contributed by atoms with Crippen LogP contribution in [0.25, 0.3) is 22.2 Å². The first-order chi connectivity index (χ1) is 15.0. The molecule has 1 aromatic heterocycles. The Labute approximate surface area is 186 Å². The van der Waals surface area contributed by atoms with Crippen LogP contribution in [-0.4, -0.2) is 65.1 Å². The van der Waals surface area contributed by atoms with Crippen molar-refractivity contribution in [3.63, 3.8) is 0 Å². The lowest BCUT2D eigenvalue weighted by atomic mass is 9.97. The van der Waals surface area contributed by atoms with Crippen LogP contribution < -0.4 is 5.32 Å². The highest BCUT2D eigenvalue weighted by atomic mass is 35.5. The number of aliphatic hydroxyl groups is 1. The number of carbonyl (C=O) groups is 1. The van der Waals surface area contributed by atoms with Crippen LogP contribution in [0.4, 0.5) is 0 Å². The molecule has 0 atom stereocenters. The van der Waals surface area contributed by atoms with Crippen molar-refractivity contribution in [1.82, 2.24) is 20.1 Å². The van der Waals surface area contributed by atoms with Crippen LogP contribution in [0.15, 0.2) is 30.3 Å². The van der Waals surface area contributed by atoms with E-state index in [0.717, 1.165) is 72.6 Å². The fourth-order valence-electron chi connectivity index (χ4n) is 4.75. The van der Waals surface area contributed by atoms with Gasteiger partial charge in [0.2, 0.25) is 0 Å². The topological polar surface area (TPSA) is 71.6 Å². The molecule has 0 saturated carbocycles. The molecule has 7 heteroatoms. The Morgan fingerprint density at radius 1 is 1.10 bits per heavy atom. The molecule has 1 amide bonds. The Hall–Kier alpha value is -2.38. The van der Waals surface area contributed by atoms with E-state index in [1.54, 1.807) is 0 Å². The Balaban J connectivity index is 1.41. The monoisotopic (exact) mass is 438 g/mol. The fourth-order valence-corrected chi connectivity index (χ4v) is 4.97. The number of benzene rings is 2. The van der Waals surface area contributed by atoms with E-state index < -0.39 is 0 Å². The third-order valence-electron chi connectivity index (χ3n) is 6.46. The number of β-amino-alcohol motifs (C(OH)–C–C–N with tert-alkyl or cyclic N) is 1. The lowest BCUT2D eigenvalue weighted by Crippen LogP contribution is -2.46. The number of aromatic nitrogens is 1. The molecule has 31 heavy (non-hydrogen) atoms. The number of H-pyrrole nitrogens is 1. The van der Waals surface area contributed by atoms with E-state index >= 15 is 0 Å². The van der Waals surface area contributed by atoms with E-state index in [2.05, 4.69) is 44.4 Å². The highest BCUT2D eigenvalue weighted by molar-refractivity contribution is 6.33. The first kappa shape index (κ1) is 20.5. The first-order valence-electron chi connectivity index (χ1n) is 10.8. The van der Waals surface area contributed by atoms with Gasteiger partial charge in [-0.25, -0.2) is 0 Å². The van der Waals surface area contributed by atoms with Crippen molar-refractivity contribution >= 4 is 28.4 Å². The second-order valence-electron chi connectivity index (χ2n) is 8.54. The van der Waals surface area contributed by atoms with Gasteiger partial charge in [0.05, 0.1) is 12.2 Å². The maximum atomic E-state index is 12.5. The van der Waals surface area contributed by atoms with E-state index in [-0.39, 0.29) is 12.5 Å². The average molecular weight is 439 g/mol. The Morgan fingerprint density at radius 2 is 1.87 bits per heavy atom. The van der Waals surface area contributed by atoms with Crippen molar-refractivity contribution in [2.24, 2.45) is 0 Å². The van der Waals surface area contributed by atoms with Gasteiger partial charge in [0.1, 0.15) is 0 Å². The quantitative estimate of drug-likeness (QED) is 0.572. The number of amides is 1. The SMILES string of the molecule is Cc1cc(-c2cc3cc(CN4CCN(CCO)CC4)ccc3[nH]2)c2c(c1Cl)CNC2=O. The average Bonchev–Trinajstić information content (AvgIpc) is 3.36. The number of nitrogens with zero attached hydrogens (tertiary/aromatic N) is 2. The van der Waals surface area contributed by atoms with Gasteiger partial charge in [-0.3, -0.25) is 14.6 Å². The second kappa shape index (κ2) is 8.28.